The molecule has 1 aliphatic carbocycles. The first-order chi connectivity index (χ1) is 18.8. The van der Waals surface area contributed by atoms with E-state index in [0.29, 0.717) is 63.8 Å². The molecule has 0 amide bonds. The number of carbonyl (C=O) groups excluding carboxylic acids is 2. The molecule has 1 aliphatic heterocycles. The molecule has 39 heavy (non-hydrogen) atoms. The van der Waals surface area contributed by atoms with Gasteiger partial charge in [0.05, 0.1) is 45.1 Å². The highest BCUT2D eigenvalue weighted by Crippen LogP contribution is 2.49. The van der Waals surface area contributed by atoms with Gasteiger partial charge in [-0.3, -0.25) is 4.79 Å². The standard InChI is InChI=1S/C30H34BrNO7/c1-7-10-39-30(34)26-16(2)32-21-12-18(17-8-9-23(35-3)24(14-17)36-4)13-22(33)28(21)27(26)19-11-20(31)29(38-6)25(15-19)37-5/h8-9,11,14-15,18,27,32H,7,10,12-13H2,1-6H3/t18-,27+/m0/s1. The maximum Gasteiger partial charge on any atom is 0.336 e. The lowest BCUT2D eigenvalue weighted by molar-refractivity contribution is -0.139. The van der Waals surface area contributed by atoms with Crippen LogP contribution in [0.15, 0.2) is 57.3 Å². The molecule has 9 heteroatoms. The summed E-state index contributed by atoms with van der Waals surface area (Å²) < 4.78 is 28.2. The third kappa shape index (κ3) is 5.50. The molecule has 0 spiro atoms. The monoisotopic (exact) mass is 599 g/mol. The zero-order valence-electron chi connectivity index (χ0n) is 23.1. The molecule has 1 N–H and O–H groups in total. The van der Waals surface area contributed by atoms with Crippen molar-refractivity contribution in [2.75, 3.05) is 35.0 Å². The van der Waals surface area contributed by atoms with Gasteiger partial charge in [0.25, 0.3) is 0 Å². The molecule has 1 heterocycles. The summed E-state index contributed by atoms with van der Waals surface area (Å²) in [5.41, 5.74) is 4.15. The third-order valence-corrected chi connectivity index (χ3v) is 7.74. The largest absolute Gasteiger partial charge is 0.493 e. The second kappa shape index (κ2) is 12.2. The van der Waals surface area contributed by atoms with Crippen molar-refractivity contribution in [2.24, 2.45) is 0 Å². The van der Waals surface area contributed by atoms with Crippen LogP contribution in [-0.2, 0) is 14.3 Å². The second-order valence-electron chi connectivity index (χ2n) is 9.51. The van der Waals surface area contributed by atoms with Crippen LogP contribution in [-0.4, -0.2) is 46.8 Å². The minimum absolute atomic E-state index is 0.0345. The number of allylic oxidation sites excluding steroid dienone is 3. The van der Waals surface area contributed by atoms with E-state index in [4.69, 9.17) is 23.7 Å². The Morgan fingerprint density at radius 3 is 2.28 bits per heavy atom. The van der Waals surface area contributed by atoms with Crippen molar-refractivity contribution >= 4 is 27.7 Å². The Hall–Kier alpha value is -3.46. The number of benzene rings is 2. The molecule has 208 valence electrons. The fourth-order valence-corrected chi connectivity index (χ4v) is 5.98. The second-order valence-corrected chi connectivity index (χ2v) is 10.4. The molecule has 0 fully saturated rings. The van der Waals surface area contributed by atoms with Gasteiger partial charge in [-0.05, 0) is 77.0 Å². The van der Waals surface area contributed by atoms with Crippen molar-refractivity contribution in [3.8, 4) is 23.0 Å². The van der Waals surface area contributed by atoms with Gasteiger partial charge < -0.3 is 29.0 Å². The van der Waals surface area contributed by atoms with E-state index in [9.17, 15) is 9.59 Å². The average Bonchev–Trinajstić information content (AvgIpc) is 2.93. The molecule has 4 rings (SSSR count). The Morgan fingerprint density at radius 2 is 1.64 bits per heavy atom. The lowest BCUT2D eigenvalue weighted by Crippen LogP contribution is -2.36. The number of halogens is 1. The molecule has 0 saturated heterocycles. The van der Waals surface area contributed by atoms with Crippen molar-refractivity contribution in [3.05, 3.63) is 68.5 Å². The summed E-state index contributed by atoms with van der Waals surface area (Å²) in [5, 5.41) is 3.39. The van der Waals surface area contributed by atoms with Gasteiger partial charge in [0, 0.05) is 29.3 Å². The molecule has 0 aromatic heterocycles. The lowest BCUT2D eigenvalue weighted by atomic mass is 9.71. The van der Waals surface area contributed by atoms with Gasteiger partial charge >= 0.3 is 5.97 Å². The van der Waals surface area contributed by atoms with Crippen LogP contribution >= 0.6 is 15.9 Å². The molecule has 0 unspecified atom stereocenters. The van der Waals surface area contributed by atoms with Crippen molar-refractivity contribution < 1.29 is 33.3 Å². The predicted molar refractivity (Wildman–Crippen MR) is 151 cm³/mol. The molecule has 0 radical (unpaired) electrons. The highest BCUT2D eigenvalue weighted by Gasteiger charge is 2.42. The number of dihydropyridines is 1. The van der Waals surface area contributed by atoms with E-state index in [2.05, 4.69) is 21.2 Å². The van der Waals surface area contributed by atoms with Crippen LogP contribution in [0.5, 0.6) is 23.0 Å². The minimum Gasteiger partial charge on any atom is -0.493 e. The van der Waals surface area contributed by atoms with Crippen LogP contribution < -0.4 is 24.3 Å². The average molecular weight is 601 g/mol. The summed E-state index contributed by atoms with van der Waals surface area (Å²) in [7, 11) is 6.30. The van der Waals surface area contributed by atoms with Crippen LogP contribution in [0.3, 0.4) is 0 Å². The zero-order valence-corrected chi connectivity index (χ0v) is 24.7. The number of hydrogen-bond donors (Lipinski definition) is 1. The fraction of sp³-hybridized carbons (Fsp3) is 0.400. The maximum absolute atomic E-state index is 13.9. The molecule has 2 aromatic rings. The van der Waals surface area contributed by atoms with Gasteiger partial charge in [-0.15, -0.1) is 0 Å². The summed E-state index contributed by atoms with van der Waals surface area (Å²) in [4.78, 5) is 27.3. The molecule has 8 nitrogen and oxygen atoms in total. The van der Waals surface area contributed by atoms with E-state index < -0.39 is 11.9 Å². The molecule has 2 atom stereocenters. The maximum atomic E-state index is 13.9. The van der Waals surface area contributed by atoms with Crippen molar-refractivity contribution in [1.82, 2.24) is 5.32 Å². The molecular weight excluding hydrogens is 566 g/mol. The van der Waals surface area contributed by atoms with Crippen LogP contribution in [0.25, 0.3) is 0 Å². The number of hydrogen-bond acceptors (Lipinski definition) is 8. The first-order valence-corrected chi connectivity index (χ1v) is 13.6. The van der Waals surface area contributed by atoms with Gasteiger partial charge in [-0.1, -0.05) is 13.0 Å². The van der Waals surface area contributed by atoms with Gasteiger partial charge in [0.1, 0.15) is 0 Å². The third-order valence-electron chi connectivity index (χ3n) is 7.15. The Balaban J connectivity index is 1.83. The van der Waals surface area contributed by atoms with Crippen LogP contribution in [0.2, 0.25) is 0 Å². The van der Waals surface area contributed by atoms with E-state index >= 15 is 0 Å². The number of ether oxygens (including phenoxy) is 5. The van der Waals surface area contributed by atoms with Crippen LogP contribution in [0.1, 0.15) is 56.1 Å². The summed E-state index contributed by atoms with van der Waals surface area (Å²) >= 11 is 3.57. The normalized spacial score (nSPS) is 18.8. The molecule has 2 aliphatic rings. The number of ketones is 1. The Labute approximate surface area is 237 Å². The predicted octanol–water partition coefficient (Wildman–Crippen LogP) is 5.80. The summed E-state index contributed by atoms with van der Waals surface area (Å²) in [6.45, 7) is 4.08. The summed E-state index contributed by atoms with van der Waals surface area (Å²) in [6, 6.07) is 9.43. The topological polar surface area (TPSA) is 92.3 Å². The molecule has 2 aromatic carbocycles. The number of nitrogens with one attached hydrogen (secondary N) is 1. The van der Waals surface area contributed by atoms with Crippen LogP contribution in [0.4, 0.5) is 0 Å². The smallest absolute Gasteiger partial charge is 0.336 e. The zero-order chi connectivity index (χ0) is 28.3. The molecule has 0 saturated carbocycles. The minimum atomic E-state index is -0.624. The quantitative estimate of drug-likeness (QED) is 0.362. The molecular formula is C30H34BrNO7. The highest BCUT2D eigenvalue weighted by molar-refractivity contribution is 9.10. The van der Waals surface area contributed by atoms with E-state index in [1.54, 1.807) is 28.4 Å². The van der Waals surface area contributed by atoms with Crippen molar-refractivity contribution in [3.63, 3.8) is 0 Å². The Kier molecular flexibility index (Phi) is 8.90. The Morgan fingerprint density at radius 1 is 0.949 bits per heavy atom. The first kappa shape index (κ1) is 28.5. The Bertz CT molecular complexity index is 1350. The number of methoxy groups -OCH3 is 4. The van der Waals surface area contributed by atoms with Crippen molar-refractivity contribution in [1.29, 1.82) is 0 Å². The van der Waals surface area contributed by atoms with Crippen molar-refractivity contribution in [2.45, 2.75) is 44.9 Å². The number of rotatable bonds is 9. The van der Waals surface area contributed by atoms with E-state index in [1.807, 2.05) is 44.2 Å². The number of carbonyl (C=O) groups is 2. The van der Waals surface area contributed by atoms with E-state index in [-0.39, 0.29) is 18.1 Å². The summed E-state index contributed by atoms with van der Waals surface area (Å²) in [5.74, 6) is 1.10. The summed E-state index contributed by atoms with van der Waals surface area (Å²) in [6.07, 6.45) is 1.57. The number of Topliss-reactive ketones (excluding diaryl/α,β-unsaturated/α-hetero) is 1. The van der Waals surface area contributed by atoms with Gasteiger partial charge in [0.2, 0.25) is 0 Å². The van der Waals surface area contributed by atoms with Gasteiger partial charge in [0.15, 0.2) is 28.8 Å². The first-order valence-electron chi connectivity index (χ1n) is 12.8. The fourth-order valence-electron chi connectivity index (χ4n) is 5.36. The van der Waals surface area contributed by atoms with Gasteiger partial charge in [-0.25, -0.2) is 4.79 Å². The van der Waals surface area contributed by atoms with E-state index in [1.165, 1.54) is 0 Å². The SMILES string of the molecule is CCCOC(=O)C1=C(C)NC2=C(C(=O)C[C@@H](c3ccc(OC)c(OC)c3)C2)[C@@H]1c1cc(Br)c(OC)c(OC)c1. The number of esters is 1. The molecule has 0 bridgehead atoms. The van der Waals surface area contributed by atoms with Crippen LogP contribution in [0, 0.1) is 0 Å². The highest BCUT2D eigenvalue weighted by atomic mass is 79.9. The lowest BCUT2D eigenvalue weighted by Gasteiger charge is -2.37. The van der Waals surface area contributed by atoms with Gasteiger partial charge in [-0.2, -0.15) is 0 Å². The van der Waals surface area contributed by atoms with E-state index in [0.717, 1.165) is 16.8 Å².